The number of hydrogen-bond acceptors (Lipinski definition) is 5. The van der Waals surface area contributed by atoms with Gasteiger partial charge in [-0.3, -0.25) is 4.79 Å². The Morgan fingerprint density at radius 1 is 1.10 bits per heavy atom. The number of rotatable bonds is 6. The number of carbonyl (C=O) groups excluding carboxylic acids is 1. The van der Waals surface area contributed by atoms with E-state index in [1.165, 1.54) is 0 Å². The molecule has 2 N–H and O–H groups in total. The summed E-state index contributed by atoms with van der Waals surface area (Å²) in [6.07, 6.45) is 0. The van der Waals surface area contributed by atoms with Gasteiger partial charge < -0.3 is 19.9 Å². The van der Waals surface area contributed by atoms with E-state index in [4.69, 9.17) is 9.72 Å². The average Bonchev–Trinajstić information content (AvgIpc) is 3.19. The topological polar surface area (TPSA) is 83.1 Å². The van der Waals surface area contributed by atoms with Crippen molar-refractivity contribution in [1.29, 1.82) is 0 Å². The maximum absolute atomic E-state index is 12.9. The van der Waals surface area contributed by atoms with Crippen LogP contribution in [-0.2, 0) is 6.54 Å². The van der Waals surface area contributed by atoms with Crippen LogP contribution in [0.5, 0.6) is 5.75 Å². The molecule has 0 aliphatic carbocycles. The second-order valence-corrected chi connectivity index (χ2v) is 7.53. The Morgan fingerprint density at radius 3 is 2.65 bits per heavy atom. The molecule has 158 valence electrons. The van der Waals surface area contributed by atoms with Crippen LogP contribution in [0.15, 0.2) is 54.6 Å². The zero-order valence-electron chi connectivity index (χ0n) is 18.1. The maximum atomic E-state index is 12.9. The number of pyridine rings is 1. The summed E-state index contributed by atoms with van der Waals surface area (Å²) in [5.74, 6) is 1.84. The van der Waals surface area contributed by atoms with Gasteiger partial charge in [-0.15, -0.1) is 0 Å². The number of carbonyl (C=O) groups is 1. The normalized spacial score (nSPS) is 10.8. The number of fused-ring (bicyclic) bond motifs is 1. The first-order valence-corrected chi connectivity index (χ1v) is 10.0. The third-order valence-corrected chi connectivity index (χ3v) is 5.12. The molecule has 7 heteroatoms. The number of aromatic nitrogens is 3. The van der Waals surface area contributed by atoms with Crippen LogP contribution >= 0.6 is 0 Å². The van der Waals surface area contributed by atoms with Crippen LogP contribution in [0.3, 0.4) is 0 Å². The number of aromatic amines is 1. The minimum atomic E-state index is -0.203. The standard InChI is InChI=1S/C24H25N5O2/c1-15-7-5-6-8-17(15)19-12-10-18(23(28-19)29(2)3)24(30)25-14-22-26-20-11-9-16(31-4)13-21(20)27-22/h5-13H,14H2,1-4H3,(H,25,30)(H,26,27). The lowest BCUT2D eigenvalue weighted by Gasteiger charge is -2.17. The monoisotopic (exact) mass is 415 g/mol. The highest BCUT2D eigenvalue weighted by atomic mass is 16.5. The first kappa shape index (κ1) is 20.4. The molecule has 0 fully saturated rings. The molecular weight excluding hydrogens is 390 g/mol. The Bertz CT molecular complexity index is 1250. The Hall–Kier alpha value is -3.87. The van der Waals surface area contributed by atoms with E-state index in [-0.39, 0.29) is 12.5 Å². The summed E-state index contributed by atoms with van der Waals surface area (Å²) >= 11 is 0. The predicted molar refractivity (Wildman–Crippen MR) is 123 cm³/mol. The lowest BCUT2D eigenvalue weighted by molar-refractivity contribution is 0.0950. The first-order valence-electron chi connectivity index (χ1n) is 10.0. The minimum absolute atomic E-state index is 0.203. The molecule has 0 bridgehead atoms. The Labute approximate surface area is 181 Å². The number of nitrogens with zero attached hydrogens (tertiary/aromatic N) is 3. The molecule has 0 saturated heterocycles. The molecule has 0 unspecified atom stereocenters. The van der Waals surface area contributed by atoms with E-state index in [0.717, 1.165) is 33.6 Å². The summed E-state index contributed by atoms with van der Waals surface area (Å²) in [6, 6.07) is 17.4. The summed E-state index contributed by atoms with van der Waals surface area (Å²) in [5, 5.41) is 2.94. The van der Waals surface area contributed by atoms with Crippen LogP contribution in [-0.4, -0.2) is 42.1 Å². The van der Waals surface area contributed by atoms with Gasteiger partial charge in [0.15, 0.2) is 0 Å². The molecule has 0 atom stereocenters. The molecule has 2 heterocycles. The molecule has 2 aromatic heterocycles. The van der Waals surface area contributed by atoms with Gasteiger partial charge in [0.05, 0.1) is 35.9 Å². The van der Waals surface area contributed by atoms with Crippen molar-refractivity contribution in [2.75, 3.05) is 26.1 Å². The van der Waals surface area contributed by atoms with E-state index in [1.807, 2.05) is 67.5 Å². The second-order valence-electron chi connectivity index (χ2n) is 7.53. The number of anilines is 1. The van der Waals surface area contributed by atoms with Gasteiger partial charge in [-0.2, -0.15) is 0 Å². The lowest BCUT2D eigenvalue weighted by atomic mass is 10.0. The molecule has 4 rings (SSSR count). The lowest BCUT2D eigenvalue weighted by Crippen LogP contribution is -2.26. The number of H-pyrrole nitrogens is 1. The SMILES string of the molecule is COc1ccc2nc(CNC(=O)c3ccc(-c4ccccc4C)nc3N(C)C)[nH]c2c1. The molecule has 31 heavy (non-hydrogen) atoms. The van der Waals surface area contributed by atoms with Crippen LogP contribution < -0.4 is 15.0 Å². The molecular formula is C24H25N5O2. The summed E-state index contributed by atoms with van der Waals surface area (Å²) in [7, 11) is 5.39. The van der Waals surface area contributed by atoms with Gasteiger partial charge in [-0.1, -0.05) is 24.3 Å². The zero-order chi connectivity index (χ0) is 22.0. The van der Waals surface area contributed by atoms with Gasteiger partial charge in [-0.05, 0) is 36.8 Å². The average molecular weight is 415 g/mol. The molecule has 7 nitrogen and oxygen atoms in total. The van der Waals surface area contributed by atoms with Crippen LogP contribution in [0.25, 0.3) is 22.3 Å². The first-order chi connectivity index (χ1) is 15.0. The van der Waals surface area contributed by atoms with Crippen molar-refractivity contribution < 1.29 is 9.53 Å². The highest BCUT2D eigenvalue weighted by Gasteiger charge is 2.17. The minimum Gasteiger partial charge on any atom is -0.497 e. The Balaban J connectivity index is 1.56. The molecule has 0 aliphatic rings. The van der Waals surface area contributed by atoms with Crippen LogP contribution in [0.4, 0.5) is 5.82 Å². The summed E-state index contributed by atoms with van der Waals surface area (Å²) < 4.78 is 5.24. The zero-order valence-corrected chi connectivity index (χ0v) is 18.1. The third kappa shape index (κ3) is 4.21. The number of imidazole rings is 1. The van der Waals surface area contributed by atoms with Crippen molar-refractivity contribution in [1.82, 2.24) is 20.3 Å². The molecule has 4 aromatic rings. The van der Waals surface area contributed by atoms with E-state index >= 15 is 0 Å². The number of hydrogen-bond donors (Lipinski definition) is 2. The Morgan fingerprint density at radius 2 is 1.90 bits per heavy atom. The van der Waals surface area contributed by atoms with Gasteiger partial charge in [0.25, 0.3) is 5.91 Å². The van der Waals surface area contributed by atoms with Crippen molar-refractivity contribution in [2.24, 2.45) is 0 Å². The van der Waals surface area contributed by atoms with E-state index < -0.39 is 0 Å². The fourth-order valence-electron chi connectivity index (χ4n) is 3.49. The quantitative estimate of drug-likeness (QED) is 0.498. The molecule has 0 spiro atoms. The van der Waals surface area contributed by atoms with E-state index in [1.54, 1.807) is 7.11 Å². The summed E-state index contributed by atoms with van der Waals surface area (Å²) in [6.45, 7) is 2.33. The fourth-order valence-corrected chi connectivity index (χ4v) is 3.49. The fraction of sp³-hybridized carbons (Fsp3) is 0.208. The number of ether oxygens (including phenoxy) is 1. The highest BCUT2D eigenvalue weighted by Crippen LogP contribution is 2.26. The van der Waals surface area contributed by atoms with Crippen molar-refractivity contribution in [3.8, 4) is 17.0 Å². The van der Waals surface area contributed by atoms with Crippen molar-refractivity contribution in [2.45, 2.75) is 13.5 Å². The third-order valence-electron chi connectivity index (χ3n) is 5.12. The van der Waals surface area contributed by atoms with Crippen molar-refractivity contribution >= 4 is 22.8 Å². The molecule has 1 amide bonds. The summed E-state index contributed by atoms with van der Waals surface area (Å²) in [4.78, 5) is 27.3. The van der Waals surface area contributed by atoms with Crippen LogP contribution in [0, 0.1) is 6.92 Å². The smallest absolute Gasteiger partial charge is 0.255 e. The highest BCUT2D eigenvalue weighted by molar-refractivity contribution is 5.99. The number of amides is 1. The van der Waals surface area contributed by atoms with Gasteiger partial charge >= 0.3 is 0 Å². The van der Waals surface area contributed by atoms with E-state index in [2.05, 4.69) is 28.3 Å². The number of benzene rings is 2. The maximum Gasteiger partial charge on any atom is 0.255 e. The van der Waals surface area contributed by atoms with Gasteiger partial charge in [0, 0.05) is 25.7 Å². The van der Waals surface area contributed by atoms with Crippen LogP contribution in [0.2, 0.25) is 0 Å². The molecule has 2 aromatic carbocycles. The number of methoxy groups -OCH3 is 1. The number of nitrogens with one attached hydrogen (secondary N) is 2. The predicted octanol–water partition coefficient (Wildman–Crippen LogP) is 3.94. The molecule has 0 saturated carbocycles. The van der Waals surface area contributed by atoms with Crippen molar-refractivity contribution in [3.05, 3.63) is 71.5 Å². The number of aryl methyl sites for hydroxylation is 1. The van der Waals surface area contributed by atoms with Crippen LogP contribution in [0.1, 0.15) is 21.7 Å². The second kappa shape index (κ2) is 8.47. The van der Waals surface area contributed by atoms with E-state index in [9.17, 15) is 4.79 Å². The van der Waals surface area contributed by atoms with Gasteiger partial charge in [0.1, 0.15) is 17.4 Å². The molecule has 0 radical (unpaired) electrons. The van der Waals surface area contributed by atoms with Crippen molar-refractivity contribution in [3.63, 3.8) is 0 Å². The van der Waals surface area contributed by atoms with E-state index in [0.29, 0.717) is 17.2 Å². The molecule has 0 aliphatic heterocycles. The largest absolute Gasteiger partial charge is 0.497 e. The van der Waals surface area contributed by atoms with Gasteiger partial charge in [0.2, 0.25) is 0 Å². The van der Waals surface area contributed by atoms with Gasteiger partial charge in [-0.25, -0.2) is 9.97 Å². The summed E-state index contributed by atoms with van der Waals surface area (Å²) in [5.41, 5.74) is 5.23. The Kier molecular flexibility index (Phi) is 5.58.